The van der Waals surface area contributed by atoms with E-state index in [1.165, 1.54) is 0 Å². The largest absolute Gasteiger partial charge is 0.396 e. The molecule has 1 aliphatic rings. The Balaban J connectivity index is 1.89. The van der Waals surface area contributed by atoms with Gasteiger partial charge in [-0.1, -0.05) is 23.7 Å². The number of amides is 3. The predicted molar refractivity (Wildman–Crippen MR) is 102 cm³/mol. The standard InChI is InChI=1S/C19H28ClN3O3/c1-15(25)22-9-2-4-17(14-22)12-21-19(26)23(10-3-11-24)13-16-5-7-18(20)8-6-16/h5-8,17,24H,2-4,9-14H2,1H3,(H,21,26)/t17-/m0/s1. The molecule has 1 fully saturated rings. The molecule has 1 saturated heterocycles. The first-order chi connectivity index (χ1) is 12.5. The average molecular weight is 382 g/mol. The smallest absolute Gasteiger partial charge is 0.317 e. The first kappa shape index (κ1) is 20.5. The SMILES string of the molecule is CC(=O)N1CCC[C@@H](CNC(=O)N(CCCO)Cc2ccc(Cl)cc2)C1. The fourth-order valence-electron chi connectivity index (χ4n) is 3.19. The number of likely N-dealkylation sites (tertiary alicyclic amines) is 1. The summed E-state index contributed by atoms with van der Waals surface area (Å²) in [5.41, 5.74) is 0.989. The fraction of sp³-hybridized carbons (Fsp3) is 0.579. The molecule has 1 atom stereocenters. The second-order valence-corrected chi connectivity index (χ2v) is 7.22. The van der Waals surface area contributed by atoms with Gasteiger partial charge in [-0.05, 0) is 42.9 Å². The van der Waals surface area contributed by atoms with Gasteiger partial charge in [0.05, 0.1) is 0 Å². The number of carbonyl (C=O) groups is 2. The molecule has 0 aliphatic carbocycles. The van der Waals surface area contributed by atoms with Crippen molar-refractivity contribution in [3.05, 3.63) is 34.9 Å². The van der Waals surface area contributed by atoms with Gasteiger partial charge in [-0.2, -0.15) is 0 Å². The van der Waals surface area contributed by atoms with E-state index in [9.17, 15) is 9.59 Å². The van der Waals surface area contributed by atoms with Crippen LogP contribution < -0.4 is 5.32 Å². The van der Waals surface area contributed by atoms with Crippen molar-refractivity contribution < 1.29 is 14.7 Å². The number of nitrogens with one attached hydrogen (secondary N) is 1. The number of hydrogen-bond donors (Lipinski definition) is 2. The molecule has 2 N–H and O–H groups in total. The summed E-state index contributed by atoms with van der Waals surface area (Å²) in [5, 5.41) is 12.8. The van der Waals surface area contributed by atoms with Gasteiger partial charge < -0.3 is 20.2 Å². The van der Waals surface area contributed by atoms with Gasteiger partial charge in [0, 0.05) is 51.3 Å². The van der Waals surface area contributed by atoms with Gasteiger partial charge in [0.15, 0.2) is 0 Å². The summed E-state index contributed by atoms with van der Waals surface area (Å²) in [6, 6.07) is 7.25. The molecule has 2 rings (SSSR count). The lowest BCUT2D eigenvalue weighted by atomic mass is 9.98. The molecule has 0 unspecified atom stereocenters. The van der Waals surface area contributed by atoms with E-state index in [0.29, 0.717) is 37.6 Å². The second kappa shape index (κ2) is 10.4. The molecule has 7 heteroatoms. The number of halogens is 1. The summed E-state index contributed by atoms with van der Waals surface area (Å²) >= 11 is 5.91. The van der Waals surface area contributed by atoms with Crippen LogP contribution in [0.2, 0.25) is 5.02 Å². The Bertz CT molecular complexity index is 594. The quantitative estimate of drug-likeness (QED) is 0.762. The third-order valence-corrected chi connectivity index (χ3v) is 4.92. The van der Waals surface area contributed by atoms with E-state index in [4.69, 9.17) is 16.7 Å². The van der Waals surface area contributed by atoms with E-state index in [1.807, 2.05) is 17.0 Å². The van der Waals surface area contributed by atoms with E-state index >= 15 is 0 Å². The lowest BCUT2D eigenvalue weighted by Crippen LogP contribution is -2.46. The van der Waals surface area contributed by atoms with Gasteiger partial charge in [-0.3, -0.25) is 4.79 Å². The Morgan fingerprint density at radius 3 is 2.73 bits per heavy atom. The van der Waals surface area contributed by atoms with E-state index in [1.54, 1.807) is 24.0 Å². The molecular formula is C19H28ClN3O3. The van der Waals surface area contributed by atoms with E-state index in [-0.39, 0.29) is 24.5 Å². The highest BCUT2D eigenvalue weighted by Gasteiger charge is 2.23. The number of benzene rings is 1. The number of hydrogen-bond acceptors (Lipinski definition) is 3. The summed E-state index contributed by atoms with van der Waals surface area (Å²) < 4.78 is 0. The topological polar surface area (TPSA) is 72.9 Å². The van der Waals surface area contributed by atoms with E-state index in [0.717, 1.165) is 24.9 Å². The molecule has 0 radical (unpaired) electrons. The fourth-order valence-corrected chi connectivity index (χ4v) is 3.31. The highest BCUT2D eigenvalue weighted by atomic mass is 35.5. The molecule has 0 aromatic heterocycles. The molecule has 1 aliphatic heterocycles. The highest BCUT2D eigenvalue weighted by Crippen LogP contribution is 2.16. The third kappa shape index (κ3) is 6.50. The van der Waals surface area contributed by atoms with E-state index in [2.05, 4.69) is 5.32 Å². The lowest BCUT2D eigenvalue weighted by molar-refractivity contribution is -0.130. The van der Waals surface area contributed by atoms with Crippen LogP contribution in [0.4, 0.5) is 4.79 Å². The second-order valence-electron chi connectivity index (χ2n) is 6.78. The van der Waals surface area contributed by atoms with Crippen molar-refractivity contribution in [2.45, 2.75) is 32.7 Å². The Kier molecular flexibility index (Phi) is 8.19. The number of aliphatic hydroxyl groups excluding tert-OH is 1. The minimum absolute atomic E-state index is 0.0423. The maximum Gasteiger partial charge on any atom is 0.317 e. The summed E-state index contributed by atoms with van der Waals surface area (Å²) in [4.78, 5) is 27.7. The number of rotatable bonds is 7. The maximum atomic E-state index is 12.6. The molecule has 1 aromatic rings. The minimum atomic E-state index is -0.145. The van der Waals surface area contributed by atoms with Crippen molar-refractivity contribution in [3.63, 3.8) is 0 Å². The molecule has 0 bridgehead atoms. The third-order valence-electron chi connectivity index (χ3n) is 4.67. The van der Waals surface area contributed by atoms with Crippen LogP contribution in [0.15, 0.2) is 24.3 Å². The van der Waals surface area contributed by atoms with Crippen LogP contribution in [0.3, 0.4) is 0 Å². The number of carbonyl (C=O) groups excluding carboxylic acids is 2. The summed E-state index contributed by atoms with van der Waals surface area (Å²) in [6.07, 6.45) is 2.51. The van der Waals surface area contributed by atoms with Gasteiger partial charge in [-0.15, -0.1) is 0 Å². The summed E-state index contributed by atoms with van der Waals surface area (Å²) in [6.45, 7) is 4.63. The normalized spacial score (nSPS) is 17.0. The van der Waals surface area contributed by atoms with Crippen molar-refractivity contribution in [1.82, 2.24) is 15.1 Å². The molecule has 3 amide bonds. The zero-order chi connectivity index (χ0) is 18.9. The average Bonchev–Trinajstić information content (AvgIpc) is 2.65. The zero-order valence-corrected chi connectivity index (χ0v) is 16.0. The van der Waals surface area contributed by atoms with Gasteiger partial charge in [0.2, 0.25) is 5.91 Å². The van der Waals surface area contributed by atoms with Crippen molar-refractivity contribution in [2.24, 2.45) is 5.92 Å². The maximum absolute atomic E-state index is 12.6. The molecule has 1 heterocycles. The Hall–Kier alpha value is -1.79. The highest BCUT2D eigenvalue weighted by molar-refractivity contribution is 6.30. The first-order valence-electron chi connectivity index (χ1n) is 9.13. The predicted octanol–water partition coefficient (Wildman–Crippen LogP) is 2.49. The van der Waals surface area contributed by atoms with Crippen molar-refractivity contribution in [3.8, 4) is 0 Å². The van der Waals surface area contributed by atoms with Gasteiger partial charge >= 0.3 is 6.03 Å². The Morgan fingerprint density at radius 2 is 2.08 bits per heavy atom. The molecule has 6 nitrogen and oxygen atoms in total. The molecule has 0 saturated carbocycles. The van der Waals surface area contributed by atoms with Crippen LogP contribution in [0.5, 0.6) is 0 Å². The van der Waals surface area contributed by atoms with Gasteiger partial charge in [0.25, 0.3) is 0 Å². The summed E-state index contributed by atoms with van der Waals surface area (Å²) in [5.74, 6) is 0.375. The number of piperidine rings is 1. The lowest BCUT2D eigenvalue weighted by Gasteiger charge is -2.32. The van der Waals surface area contributed by atoms with E-state index < -0.39 is 0 Å². The molecule has 1 aromatic carbocycles. The minimum Gasteiger partial charge on any atom is -0.396 e. The van der Waals surface area contributed by atoms with Crippen molar-refractivity contribution in [2.75, 3.05) is 32.8 Å². The Morgan fingerprint density at radius 1 is 1.35 bits per heavy atom. The number of nitrogens with zero attached hydrogens (tertiary/aromatic N) is 2. The van der Waals surface area contributed by atoms with Gasteiger partial charge in [0.1, 0.15) is 0 Å². The molecule has 26 heavy (non-hydrogen) atoms. The van der Waals surface area contributed by atoms with Crippen molar-refractivity contribution in [1.29, 1.82) is 0 Å². The van der Waals surface area contributed by atoms with Crippen LogP contribution in [0, 0.1) is 5.92 Å². The summed E-state index contributed by atoms with van der Waals surface area (Å²) in [7, 11) is 0. The van der Waals surface area contributed by atoms with Crippen molar-refractivity contribution >= 4 is 23.5 Å². The molecular weight excluding hydrogens is 354 g/mol. The first-order valence-corrected chi connectivity index (χ1v) is 9.51. The zero-order valence-electron chi connectivity index (χ0n) is 15.3. The molecule has 0 spiro atoms. The van der Waals surface area contributed by atoms with Crippen LogP contribution in [-0.2, 0) is 11.3 Å². The monoisotopic (exact) mass is 381 g/mol. The number of urea groups is 1. The number of aliphatic hydroxyl groups is 1. The van der Waals surface area contributed by atoms with Gasteiger partial charge in [-0.25, -0.2) is 4.79 Å². The molecule has 144 valence electrons. The van der Waals surface area contributed by atoms with Crippen LogP contribution in [0.25, 0.3) is 0 Å². The Labute approximate surface area is 160 Å². The van der Waals surface area contributed by atoms with Crippen LogP contribution in [-0.4, -0.2) is 59.6 Å². The van der Waals surface area contributed by atoms with Crippen LogP contribution in [0.1, 0.15) is 31.7 Å². The van der Waals surface area contributed by atoms with Crippen LogP contribution >= 0.6 is 11.6 Å².